The minimum Gasteiger partial charge on any atom is -0.212 e. The van der Waals surface area contributed by atoms with Gasteiger partial charge >= 0.3 is 0 Å². The average molecular weight is 239 g/mol. The van der Waals surface area contributed by atoms with E-state index in [-0.39, 0.29) is 11.2 Å². The first-order valence-corrected chi connectivity index (χ1v) is 7.75. The van der Waals surface area contributed by atoms with E-state index in [4.69, 9.17) is 10.7 Å². The van der Waals surface area contributed by atoms with Crippen molar-refractivity contribution in [1.29, 1.82) is 0 Å². The highest BCUT2D eigenvalue weighted by molar-refractivity contribution is 8.14. The van der Waals surface area contributed by atoms with Crippen LogP contribution in [0.4, 0.5) is 0 Å². The van der Waals surface area contributed by atoms with Crippen LogP contribution in [0, 0.1) is 11.8 Å². The zero-order chi connectivity index (χ0) is 10.8. The van der Waals surface area contributed by atoms with Crippen LogP contribution in [0.2, 0.25) is 0 Å². The second-order valence-corrected chi connectivity index (χ2v) is 7.35. The van der Waals surface area contributed by atoms with E-state index in [2.05, 4.69) is 6.92 Å². The molecule has 0 bridgehead atoms. The first-order valence-electron chi connectivity index (χ1n) is 5.38. The Morgan fingerprint density at radius 2 is 1.79 bits per heavy atom. The third-order valence-corrected chi connectivity index (χ3v) is 5.69. The maximum absolute atomic E-state index is 11.1. The molecule has 0 amide bonds. The third-order valence-electron chi connectivity index (χ3n) is 3.58. The van der Waals surface area contributed by atoms with Crippen molar-refractivity contribution in [3.63, 3.8) is 0 Å². The Morgan fingerprint density at radius 3 is 2.14 bits per heavy atom. The van der Waals surface area contributed by atoms with Gasteiger partial charge in [0.2, 0.25) is 9.05 Å². The van der Waals surface area contributed by atoms with E-state index < -0.39 is 9.05 Å². The maximum atomic E-state index is 11.1. The molecule has 0 N–H and O–H groups in total. The van der Waals surface area contributed by atoms with Gasteiger partial charge in [-0.1, -0.05) is 26.2 Å². The summed E-state index contributed by atoms with van der Waals surface area (Å²) in [6.07, 6.45) is 5.59. The van der Waals surface area contributed by atoms with E-state index in [0.717, 1.165) is 31.6 Å². The molecule has 0 radical (unpaired) electrons. The van der Waals surface area contributed by atoms with Crippen LogP contribution in [-0.4, -0.2) is 13.7 Å². The molecule has 0 saturated heterocycles. The van der Waals surface area contributed by atoms with Crippen molar-refractivity contribution in [3.05, 3.63) is 0 Å². The largest absolute Gasteiger partial charge is 0.235 e. The molecule has 0 aromatic rings. The number of hydrogen-bond acceptors (Lipinski definition) is 2. The molecular formula is C10H19ClO2S. The van der Waals surface area contributed by atoms with Crippen molar-refractivity contribution in [2.75, 3.05) is 0 Å². The standard InChI is InChI=1S/C10H19ClO2S/c1-3-9-4-6-10(7-5-9)8(2)14(11,12)13/h8-10H,3-7H2,1-2H3. The Kier molecular flexibility index (Phi) is 4.26. The fourth-order valence-corrected chi connectivity index (χ4v) is 3.46. The molecule has 14 heavy (non-hydrogen) atoms. The van der Waals surface area contributed by atoms with Gasteiger partial charge in [-0.05, 0) is 31.6 Å². The van der Waals surface area contributed by atoms with Crippen LogP contribution < -0.4 is 0 Å². The lowest BCUT2D eigenvalue weighted by atomic mass is 9.80. The summed E-state index contributed by atoms with van der Waals surface area (Å²) in [5.74, 6) is 1.08. The lowest BCUT2D eigenvalue weighted by Crippen LogP contribution is -2.27. The van der Waals surface area contributed by atoms with E-state index in [9.17, 15) is 8.42 Å². The van der Waals surface area contributed by atoms with Gasteiger partial charge in [-0.2, -0.15) is 0 Å². The van der Waals surface area contributed by atoms with Crippen LogP contribution in [0.5, 0.6) is 0 Å². The zero-order valence-electron chi connectivity index (χ0n) is 8.87. The molecule has 1 unspecified atom stereocenters. The summed E-state index contributed by atoms with van der Waals surface area (Å²) in [4.78, 5) is 0. The van der Waals surface area contributed by atoms with Gasteiger partial charge in [-0.3, -0.25) is 0 Å². The van der Waals surface area contributed by atoms with Crippen LogP contribution in [0.1, 0.15) is 46.0 Å². The number of hydrogen-bond donors (Lipinski definition) is 0. The van der Waals surface area contributed by atoms with Crippen LogP contribution in [-0.2, 0) is 9.05 Å². The molecule has 1 aliphatic rings. The lowest BCUT2D eigenvalue weighted by molar-refractivity contribution is 0.266. The molecule has 0 aliphatic heterocycles. The molecule has 1 fully saturated rings. The van der Waals surface area contributed by atoms with E-state index >= 15 is 0 Å². The lowest BCUT2D eigenvalue weighted by Gasteiger charge is -2.30. The van der Waals surface area contributed by atoms with Crippen molar-refractivity contribution in [2.45, 2.75) is 51.2 Å². The maximum Gasteiger partial charge on any atom is 0.235 e. The summed E-state index contributed by atoms with van der Waals surface area (Å²) in [5.41, 5.74) is 0. The van der Waals surface area contributed by atoms with Gasteiger partial charge in [0.15, 0.2) is 0 Å². The van der Waals surface area contributed by atoms with Gasteiger partial charge in [0.1, 0.15) is 0 Å². The predicted molar refractivity (Wildman–Crippen MR) is 60.0 cm³/mol. The third kappa shape index (κ3) is 3.13. The minimum atomic E-state index is -3.35. The summed E-state index contributed by atoms with van der Waals surface area (Å²) in [5, 5.41) is -0.373. The van der Waals surface area contributed by atoms with Gasteiger partial charge in [-0.25, -0.2) is 8.42 Å². The average Bonchev–Trinajstić information content (AvgIpc) is 2.15. The van der Waals surface area contributed by atoms with Crippen LogP contribution in [0.3, 0.4) is 0 Å². The minimum absolute atomic E-state index is 0.278. The van der Waals surface area contributed by atoms with Crippen LogP contribution in [0.25, 0.3) is 0 Å². The molecule has 0 spiro atoms. The monoisotopic (exact) mass is 238 g/mol. The van der Waals surface area contributed by atoms with E-state index in [1.165, 1.54) is 6.42 Å². The van der Waals surface area contributed by atoms with E-state index in [0.29, 0.717) is 0 Å². The first kappa shape index (κ1) is 12.3. The second-order valence-electron chi connectivity index (χ2n) is 4.37. The molecule has 2 nitrogen and oxygen atoms in total. The molecule has 4 heteroatoms. The normalized spacial score (nSPS) is 31.4. The summed E-state index contributed by atoms with van der Waals surface area (Å²) in [7, 11) is 2.01. The SMILES string of the molecule is CCC1CCC(C(C)S(=O)(=O)Cl)CC1. The van der Waals surface area contributed by atoms with Crippen LogP contribution in [0.15, 0.2) is 0 Å². The van der Waals surface area contributed by atoms with Gasteiger partial charge in [0.25, 0.3) is 0 Å². The Labute approximate surface area is 91.5 Å². The Bertz CT molecular complexity index is 266. The van der Waals surface area contributed by atoms with Crippen molar-refractivity contribution in [2.24, 2.45) is 11.8 Å². The Balaban J connectivity index is 2.50. The summed E-state index contributed by atoms with van der Waals surface area (Å²) >= 11 is 0. The second kappa shape index (κ2) is 4.84. The van der Waals surface area contributed by atoms with Crippen molar-refractivity contribution >= 4 is 19.7 Å². The quantitative estimate of drug-likeness (QED) is 0.708. The summed E-state index contributed by atoms with van der Waals surface area (Å²) in [6.45, 7) is 3.94. The Morgan fingerprint density at radius 1 is 1.29 bits per heavy atom. The van der Waals surface area contributed by atoms with Gasteiger partial charge in [-0.15, -0.1) is 0 Å². The molecule has 1 atom stereocenters. The smallest absolute Gasteiger partial charge is 0.212 e. The van der Waals surface area contributed by atoms with Gasteiger partial charge in [0.05, 0.1) is 5.25 Å². The molecule has 84 valence electrons. The van der Waals surface area contributed by atoms with Crippen LogP contribution >= 0.6 is 10.7 Å². The Hall–Kier alpha value is 0.240. The highest BCUT2D eigenvalue weighted by Gasteiger charge is 2.30. The highest BCUT2D eigenvalue weighted by Crippen LogP contribution is 2.35. The number of halogens is 1. The summed E-state index contributed by atoms with van der Waals surface area (Å²) < 4.78 is 22.3. The predicted octanol–water partition coefficient (Wildman–Crippen LogP) is 3.16. The molecule has 1 saturated carbocycles. The van der Waals surface area contributed by atoms with Crippen molar-refractivity contribution < 1.29 is 8.42 Å². The van der Waals surface area contributed by atoms with E-state index in [1.54, 1.807) is 6.92 Å². The molecule has 1 rings (SSSR count). The van der Waals surface area contributed by atoms with E-state index in [1.807, 2.05) is 0 Å². The number of rotatable bonds is 3. The molecular weight excluding hydrogens is 220 g/mol. The fraction of sp³-hybridized carbons (Fsp3) is 1.00. The first-order chi connectivity index (χ1) is 6.45. The fourth-order valence-electron chi connectivity index (χ4n) is 2.30. The molecule has 0 heterocycles. The van der Waals surface area contributed by atoms with Crippen molar-refractivity contribution in [3.8, 4) is 0 Å². The van der Waals surface area contributed by atoms with Gasteiger partial charge in [0, 0.05) is 10.7 Å². The van der Waals surface area contributed by atoms with Gasteiger partial charge < -0.3 is 0 Å². The molecule has 1 aliphatic carbocycles. The molecule has 0 aromatic heterocycles. The zero-order valence-corrected chi connectivity index (χ0v) is 10.4. The highest BCUT2D eigenvalue weighted by atomic mass is 35.7. The molecule has 0 aromatic carbocycles. The topological polar surface area (TPSA) is 34.1 Å². The van der Waals surface area contributed by atoms with Crippen molar-refractivity contribution in [1.82, 2.24) is 0 Å². The summed E-state index contributed by atoms with van der Waals surface area (Å²) in [6, 6.07) is 0.